The molecular formula is C15H21N3O4S. The minimum absolute atomic E-state index is 0.213. The minimum Gasteiger partial charge on any atom is -0.365 e. The SMILES string of the molecule is C[C@H]1CC[C@@]2(CCN(c3cccc(S(N)(=O)=O)c3[N+](=O)[O-])C2)C1. The zero-order chi connectivity index (χ0) is 16.8. The highest BCUT2D eigenvalue weighted by Crippen LogP contribution is 2.50. The summed E-state index contributed by atoms with van der Waals surface area (Å²) in [5.74, 6) is 0.681. The third kappa shape index (κ3) is 2.92. The normalized spacial score (nSPS) is 27.7. The van der Waals surface area contributed by atoms with Gasteiger partial charge in [0.05, 0.1) is 4.92 Å². The van der Waals surface area contributed by atoms with Gasteiger partial charge in [-0.1, -0.05) is 19.4 Å². The van der Waals surface area contributed by atoms with Gasteiger partial charge in [-0.05, 0) is 42.7 Å². The van der Waals surface area contributed by atoms with Gasteiger partial charge < -0.3 is 4.90 Å². The van der Waals surface area contributed by atoms with E-state index in [1.165, 1.54) is 18.6 Å². The van der Waals surface area contributed by atoms with Gasteiger partial charge in [0, 0.05) is 13.1 Å². The number of hydrogen-bond acceptors (Lipinski definition) is 5. The van der Waals surface area contributed by atoms with Crippen LogP contribution in [0.4, 0.5) is 11.4 Å². The van der Waals surface area contributed by atoms with Crippen molar-refractivity contribution in [1.82, 2.24) is 0 Å². The first-order chi connectivity index (χ1) is 10.7. The van der Waals surface area contributed by atoms with Gasteiger partial charge in [-0.25, -0.2) is 13.6 Å². The molecule has 7 nitrogen and oxygen atoms in total. The second-order valence-corrected chi connectivity index (χ2v) is 8.48. The Labute approximate surface area is 135 Å². The van der Waals surface area contributed by atoms with E-state index >= 15 is 0 Å². The number of nitro benzene ring substituents is 1. The van der Waals surface area contributed by atoms with E-state index in [1.54, 1.807) is 6.07 Å². The van der Waals surface area contributed by atoms with E-state index in [4.69, 9.17) is 5.14 Å². The summed E-state index contributed by atoms with van der Waals surface area (Å²) in [6.07, 6.45) is 4.45. The molecule has 2 atom stereocenters. The summed E-state index contributed by atoms with van der Waals surface area (Å²) in [4.78, 5) is 12.4. The van der Waals surface area contributed by atoms with Gasteiger partial charge in [-0.15, -0.1) is 0 Å². The van der Waals surface area contributed by atoms with Crippen molar-refractivity contribution in [3.63, 3.8) is 0 Å². The summed E-state index contributed by atoms with van der Waals surface area (Å²) in [6, 6.07) is 4.33. The fourth-order valence-electron chi connectivity index (χ4n) is 4.19. The van der Waals surface area contributed by atoms with E-state index in [0.29, 0.717) is 18.2 Å². The lowest BCUT2D eigenvalue weighted by atomic mass is 9.85. The van der Waals surface area contributed by atoms with Gasteiger partial charge >= 0.3 is 5.69 Å². The second kappa shape index (κ2) is 5.45. The van der Waals surface area contributed by atoms with Crippen molar-refractivity contribution >= 4 is 21.4 Å². The van der Waals surface area contributed by atoms with E-state index in [9.17, 15) is 18.5 Å². The largest absolute Gasteiger partial charge is 0.365 e. The summed E-state index contributed by atoms with van der Waals surface area (Å²) in [7, 11) is -4.14. The zero-order valence-corrected chi connectivity index (χ0v) is 13.9. The molecule has 1 spiro atoms. The molecule has 0 amide bonds. The van der Waals surface area contributed by atoms with E-state index in [2.05, 4.69) is 6.92 Å². The summed E-state index contributed by atoms with van der Waals surface area (Å²) in [5.41, 5.74) is 0.168. The first-order valence-corrected chi connectivity index (χ1v) is 9.32. The summed E-state index contributed by atoms with van der Waals surface area (Å²) >= 11 is 0. The molecule has 0 unspecified atom stereocenters. The Morgan fingerprint density at radius 1 is 1.39 bits per heavy atom. The Kier molecular flexibility index (Phi) is 3.84. The van der Waals surface area contributed by atoms with Crippen molar-refractivity contribution in [3.8, 4) is 0 Å². The maximum atomic E-state index is 11.7. The van der Waals surface area contributed by atoms with E-state index in [0.717, 1.165) is 25.8 Å². The van der Waals surface area contributed by atoms with Gasteiger partial charge in [0.1, 0.15) is 5.69 Å². The van der Waals surface area contributed by atoms with Crippen LogP contribution in [0.2, 0.25) is 0 Å². The van der Waals surface area contributed by atoms with Crippen molar-refractivity contribution in [3.05, 3.63) is 28.3 Å². The number of primary sulfonamides is 1. The third-order valence-corrected chi connectivity index (χ3v) is 6.14. The third-order valence-electron chi connectivity index (χ3n) is 5.19. The molecule has 23 heavy (non-hydrogen) atoms. The molecule has 0 aromatic heterocycles. The van der Waals surface area contributed by atoms with Gasteiger partial charge in [-0.3, -0.25) is 10.1 Å². The molecule has 2 N–H and O–H groups in total. The van der Waals surface area contributed by atoms with Crippen LogP contribution in [0.25, 0.3) is 0 Å². The predicted octanol–water partition coefficient (Wildman–Crippen LogP) is 2.26. The van der Waals surface area contributed by atoms with Gasteiger partial charge in [0.15, 0.2) is 4.90 Å². The van der Waals surface area contributed by atoms with Gasteiger partial charge in [0.25, 0.3) is 0 Å². The number of para-hydroxylation sites is 1. The molecule has 1 saturated carbocycles. The topological polar surface area (TPSA) is 107 Å². The van der Waals surface area contributed by atoms with Crippen LogP contribution >= 0.6 is 0 Å². The molecule has 2 aliphatic rings. The molecule has 1 aromatic carbocycles. The Morgan fingerprint density at radius 2 is 2.13 bits per heavy atom. The van der Waals surface area contributed by atoms with Gasteiger partial charge in [-0.2, -0.15) is 0 Å². The van der Waals surface area contributed by atoms with Crippen LogP contribution in [-0.2, 0) is 10.0 Å². The molecule has 1 aliphatic heterocycles. The smallest absolute Gasteiger partial charge is 0.312 e. The molecule has 8 heteroatoms. The highest BCUT2D eigenvalue weighted by Gasteiger charge is 2.44. The first kappa shape index (κ1) is 16.2. The summed E-state index contributed by atoms with van der Waals surface area (Å²) in [5, 5.41) is 16.6. The standard InChI is InChI=1S/C15H21N3O4S/c1-11-5-6-15(9-11)7-8-17(10-15)12-3-2-4-13(23(16,21)22)14(12)18(19)20/h2-4,11H,5-10H2,1H3,(H2,16,21,22)/t11-,15+/m0/s1. The van der Waals surface area contributed by atoms with Crippen LogP contribution < -0.4 is 10.0 Å². The number of benzene rings is 1. The molecular weight excluding hydrogens is 318 g/mol. The molecule has 0 radical (unpaired) electrons. The fourth-order valence-corrected chi connectivity index (χ4v) is 4.90. The molecule has 1 aliphatic carbocycles. The van der Waals surface area contributed by atoms with Crippen LogP contribution in [0.1, 0.15) is 32.6 Å². The Balaban J connectivity index is 2.00. The molecule has 1 heterocycles. The number of anilines is 1. The van der Waals surface area contributed by atoms with Crippen molar-refractivity contribution in [2.24, 2.45) is 16.5 Å². The lowest BCUT2D eigenvalue weighted by Gasteiger charge is -2.25. The van der Waals surface area contributed by atoms with Crippen LogP contribution in [0.3, 0.4) is 0 Å². The Hall–Kier alpha value is -1.67. The molecule has 2 fully saturated rings. The van der Waals surface area contributed by atoms with Crippen molar-refractivity contribution in [2.75, 3.05) is 18.0 Å². The zero-order valence-electron chi connectivity index (χ0n) is 13.1. The van der Waals surface area contributed by atoms with E-state index in [1.807, 2.05) is 4.90 Å². The van der Waals surface area contributed by atoms with Crippen molar-refractivity contribution in [1.29, 1.82) is 0 Å². The Bertz CT molecular complexity index is 749. The molecule has 1 saturated heterocycles. The van der Waals surface area contributed by atoms with E-state index in [-0.39, 0.29) is 5.41 Å². The number of rotatable bonds is 3. The van der Waals surface area contributed by atoms with Gasteiger partial charge in [0.2, 0.25) is 10.0 Å². The Morgan fingerprint density at radius 3 is 2.70 bits per heavy atom. The lowest BCUT2D eigenvalue weighted by Crippen LogP contribution is -2.26. The number of nitrogens with zero attached hydrogens (tertiary/aromatic N) is 2. The average Bonchev–Trinajstić information content (AvgIpc) is 3.04. The number of hydrogen-bond donors (Lipinski definition) is 1. The second-order valence-electron chi connectivity index (χ2n) is 6.95. The quantitative estimate of drug-likeness (QED) is 0.671. The fraction of sp³-hybridized carbons (Fsp3) is 0.600. The van der Waals surface area contributed by atoms with Crippen molar-refractivity contribution < 1.29 is 13.3 Å². The molecule has 0 bridgehead atoms. The molecule has 126 valence electrons. The van der Waals surface area contributed by atoms with Crippen LogP contribution in [0, 0.1) is 21.4 Å². The summed E-state index contributed by atoms with van der Waals surface area (Å²) in [6.45, 7) is 3.69. The molecule has 1 aromatic rings. The van der Waals surface area contributed by atoms with E-state index < -0.39 is 25.5 Å². The minimum atomic E-state index is -4.14. The first-order valence-electron chi connectivity index (χ1n) is 7.77. The van der Waals surface area contributed by atoms with Crippen LogP contribution in [-0.4, -0.2) is 26.4 Å². The molecule has 3 rings (SSSR count). The highest BCUT2D eigenvalue weighted by atomic mass is 32.2. The maximum absolute atomic E-state index is 11.7. The number of nitrogens with two attached hydrogens (primary N) is 1. The highest BCUT2D eigenvalue weighted by molar-refractivity contribution is 7.89. The monoisotopic (exact) mass is 339 g/mol. The lowest BCUT2D eigenvalue weighted by molar-refractivity contribution is -0.387. The average molecular weight is 339 g/mol. The van der Waals surface area contributed by atoms with Crippen LogP contribution in [0.5, 0.6) is 0 Å². The number of nitro groups is 1. The number of sulfonamides is 1. The summed E-state index contributed by atoms with van der Waals surface area (Å²) < 4.78 is 23.3. The predicted molar refractivity (Wildman–Crippen MR) is 86.7 cm³/mol. The van der Waals surface area contributed by atoms with Crippen LogP contribution in [0.15, 0.2) is 23.1 Å². The maximum Gasteiger partial charge on any atom is 0.312 e. The van der Waals surface area contributed by atoms with Crippen molar-refractivity contribution in [2.45, 2.75) is 37.5 Å².